The highest BCUT2D eigenvalue weighted by Gasteiger charge is 2.18. The number of nitro benzene ring substituents is 1. The first kappa shape index (κ1) is 19.6. The van der Waals surface area contributed by atoms with Crippen molar-refractivity contribution in [3.63, 3.8) is 0 Å². The summed E-state index contributed by atoms with van der Waals surface area (Å²) in [7, 11) is 3.23. The average molecular weight is 424 g/mol. The van der Waals surface area contributed by atoms with E-state index >= 15 is 0 Å². The van der Waals surface area contributed by atoms with E-state index in [1.165, 1.54) is 45.5 Å². The molecule has 0 fully saturated rings. The van der Waals surface area contributed by atoms with E-state index < -0.39 is 4.92 Å². The van der Waals surface area contributed by atoms with E-state index in [0.717, 1.165) is 0 Å². The zero-order chi connectivity index (χ0) is 21.4. The molecule has 30 heavy (non-hydrogen) atoms. The second-order valence-corrected chi connectivity index (χ2v) is 7.46. The summed E-state index contributed by atoms with van der Waals surface area (Å²) >= 11 is 1.20. The number of rotatable bonds is 5. The molecule has 4 aromatic rings. The summed E-state index contributed by atoms with van der Waals surface area (Å²) in [5.74, 6) is 0.253. The van der Waals surface area contributed by atoms with Gasteiger partial charge in [0.25, 0.3) is 11.2 Å². The van der Waals surface area contributed by atoms with Crippen molar-refractivity contribution in [3.8, 4) is 0 Å². The van der Waals surface area contributed by atoms with Crippen LogP contribution < -0.4 is 10.5 Å². The Hall–Kier alpha value is -3.73. The molecule has 10 nitrogen and oxygen atoms in total. The van der Waals surface area contributed by atoms with Gasteiger partial charge in [-0.2, -0.15) is 0 Å². The molecule has 0 unspecified atom stereocenters. The van der Waals surface area contributed by atoms with Crippen LogP contribution in [0.15, 0.2) is 58.5 Å². The number of nitrogens with zero attached hydrogens (tertiary/aromatic N) is 6. The van der Waals surface area contributed by atoms with Crippen molar-refractivity contribution >= 4 is 45.7 Å². The van der Waals surface area contributed by atoms with Crippen LogP contribution in [0.4, 0.5) is 11.4 Å². The van der Waals surface area contributed by atoms with Crippen molar-refractivity contribution in [1.82, 2.24) is 19.2 Å². The molecule has 152 valence electrons. The normalized spacial score (nSPS) is 11.1. The summed E-state index contributed by atoms with van der Waals surface area (Å²) in [5.41, 5.74) is 1.00. The number of hydrogen-bond donors (Lipinski definition) is 0. The van der Waals surface area contributed by atoms with E-state index in [9.17, 15) is 19.7 Å². The van der Waals surface area contributed by atoms with Gasteiger partial charge in [-0.05, 0) is 24.3 Å². The number of non-ortho nitro benzene ring substituents is 1. The molecule has 2 aromatic heterocycles. The van der Waals surface area contributed by atoms with Gasteiger partial charge in [-0.25, -0.2) is 0 Å². The molecular weight excluding hydrogens is 408 g/mol. The Kier molecular flexibility index (Phi) is 4.96. The molecule has 2 heterocycles. The lowest BCUT2D eigenvalue weighted by atomic mass is 10.2. The van der Waals surface area contributed by atoms with Crippen molar-refractivity contribution in [2.24, 2.45) is 7.05 Å². The first-order valence-electron chi connectivity index (χ1n) is 8.85. The molecule has 0 radical (unpaired) electrons. The molecule has 0 aliphatic heterocycles. The fourth-order valence-electron chi connectivity index (χ4n) is 3.07. The van der Waals surface area contributed by atoms with Crippen molar-refractivity contribution in [1.29, 1.82) is 0 Å². The fourth-order valence-corrected chi connectivity index (χ4v) is 3.92. The maximum atomic E-state index is 12.6. The van der Waals surface area contributed by atoms with E-state index in [4.69, 9.17) is 0 Å². The predicted octanol–water partition coefficient (Wildman–Crippen LogP) is 2.24. The SMILES string of the molecule is CN(C(=O)CSc1nnc2n(C)c(=O)c3ccccc3n12)c1ccc([N+](=O)[O-])cc1. The molecule has 1 amide bonds. The van der Waals surface area contributed by atoms with Crippen LogP contribution in [0.1, 0.15) is 0 Å². The number of aromatic nitrogens is 4. The summed E-state index contributed by atoms with van der Waals surface area (Å²) in [6.07, 6.45) is 0. The summed E-state index contributed by atoms with van der Waals surface area (Å²) in [5, 5.41) is 20.1. The maximum Gasteiger partial charge on any atom is 0.269 e. The van der Waals surface area contributed by atoms with Crippen LogP contribution in [0, 0.1) is 10.1 Å². The Labute approximate surface area is 173 Å². The number of nitro groups is 1. The van der Waals surface area contributed by atoms with Gasteiger partial charge in [0.15, 0.2) is 5.16 Å². The zero-order valence-electron chi connectivity index (χ0n) is 16.1. The van der Waals surface area contributed by atoms with Crippen LogP contribution in [0.5, 0.6) is 0 Å². The number of carbonyl (C=O) groups is 1. The minimum absolute atomic E-state index is 0.0404. The molecule has 0 aliphatic carbocycles. The molecule has 11 heteroatoms. The Morgan fingerprint density at radius 1 is 1.17 bits per heavy atom. The van der Waals surface area contributed by atoms with Crippen LogP contribution in [-0.2, 0) is 11.8 Å². The van der Waals surface area contributed by atoms with Gasteiger partial charge in [-0.1, -0.05) is 23.9 Å². The lowest BCUT2D eigenvalue weighted by Crippen LogP contribution is -2.28. The number of thioether (sulfide) groups is 1. The second-order valence-electron chi connectivity index (χ2n) is 6.51. The summed E-state index contributed by atoms with van der Waals surface area (Å²) in [4.78, 5) is 36.9. The number of aryl methyl sites for hydroxylation is 1. The van der Waals surface area contributed by atoms with Crippen LogP contribution in [-0.4, -0.2) is 42.8 Å². The molecule has 0 N–H and O–H groups in total. The first-order valence-corrected chi connectivity index (χ1v) is 9.83. The monoisotopic (exact) mass is 424 g/mol. The van der Waals surface area contributed by atoms with Gasteiger partial charge < -0.3 is 4.90 Å². The number of amides is 1. The molecule has 0 saturated carbocycles. The fraction of sp³-hybridized carbons (Fsp3) is 0.158. The quantitative estimate of drug-likeness (QED) is 0.274. The summed E-state index contributed by atoms with van der Waals surface area (Å²) in [6, 6.07) is 12.9. The third-order valence-corrected chi connectivity index (χ3v) is 5.66. The number of hydrogen-bond acceptors (Lipinski definition) is 7. The van der Waals surface area contributed by atoms with E-state index in [2.05, 4.69) is 10.2 Å². The van der Waals surface area contributed by atoms with Gasteiger partial charge in [0, 0.05) is 31.9 Å². The highest BCUT2D eigenvalue weighted by Crippen LogP contribution is 2.23. The van der Waals surface area contributed by atoms with Crippen LogP contribution in [0.3, 0.4) is 0 Å². The van der Waals surface area contributed by atoms with Crippen molar-refractivity contribution in [3.05, 3.63) is 69.0 Å². The predicted molar refractivity (Wildman–Crippen MR) is 113 cm³/mol. The molecular formula is C19H16N6O4S. The molecule has 0 bridgehead atoms. The van der Waals surface area contributed by atoms with Gasteiger partial charge in [-0.3, -0.25) is 28.7 Å². The van der Waals surface area contributed by atoms with E-state index in [0.29, 0.717) is 27.5 Å². The highest BCUT2D eigenvalue weighted by molar-refractivity contribution is 7.99. The Morgan fingerprint density at radius 3 is 2.57 bits per heavy atom. The summed E-state index contributed by atoms with van der Waals surface area (Å²) < 4.78 is 3.17. The topological polar surface area (TPSA) is 116 Å². The van der Waals surface area contributed by atoms with E-state index in [1.807, 2.05) is 12.1 Å². The van der Waals surface area contributed by atoms with Gasteiger partial charge in [0.1, 0.15) is 0 Å². The average Bonchev–Trinajstić information content (AvgIpc) is 3.19. The third-order valence-electron chi connectivity index (χ3n) is 4.74. The largest absolute Gasteiger partial charge is 0.315 e. The lowest BCUT2D eigenvalue weighted by Gasteiger charge is -2.16. The van der Waals surface area contributed by atoms with Crippen LogP contribution in [0.2, 0.25) is 0 Å². The van der Waals surface area contributed by atoms with Gasteiger partial charge >= 0.3 is 0 Å². The van der Waals surface area contributed by atoms with E-state index in [-0.39, 0.29) is 22.9 Å². The molecule has 0 spiro atoms. The molecule has 4 rings (SSSR count). The van der Waals surface area contributed by atoms with Crippen molar-refractivity contribution in [2.45, 2.75) is 5.16 Å². The standard InChI is InChI=1S/C19H16N6O4S/c1-22(12-7-9-13(10-8-12)25(28)29)16(26)11-30-19-21-20-18-23(2)17(27)14-5-3-4-6-15(14)24(18)19/h3-10H,11H2,1-2H3. The molecule has 0 atom stereocenters. The van der Waals surface area contributed by atoms with Crippen molar-refractivity contribution < 1.29 is 9.72 Å². The number of anilines is 1. The van der Waals surface area contributed by atoms with Gasteiger partial charge in [0.05, 0.1) is 21.6 Å². The molecule has 2 aromatic carbocycles. The van der Waals surface area contributed by atoms with Crippen LogP contribution in [0.25, 0.3) is 16.7 Å². The van der Waals surface area contributed by atoms with E-state index in [1.54, 1.807) is 30.6 Å². The Morgan fingerprint density at radius 2 is 1.87 bits per heavy atom. The summed E-state index contributed by atoms with van der Waals surface area (Å²) in [6.45, 7) is 0. The number of benzene rings is 2. The molecule has 0 saturated heterocycles. The first-order chi connectivity index (χ1) is 14.4. The Balaban J connectivity index is 1.60. The third kappa shape index (κ3) is 3.28. The number of para-hydroxylation sites is 1. The zero-order valence-corrected chi connectivity index (χ0v) is 16.9. The Bertz CT molecular complexity index is 1350. The van der Waals surface area contributed by atoms with Crippen LogP contribution >= 0.6 is 11.8 Å². The maximum absolute atomic E-state index is 12.6. The number of carbonyl (C=O) groups excluding carboxylic acids is 1. The van der Waals surface area contributed by atoms with Gasteiger partial charge in [-0.15, -0.1) is 10.2 Å². The lowest BCUT2D eigenvalue weighted by molar-refractivity contribution is -0.384. The highest BCUT2D eigenvalue weighted by atomic mass is 32.2. The number of fused-ring (bicyclic) bond motifs is 3. The minimum Gasteiger partial charge on any atom is -0.315 e. The van der Waals surface area contributed by atoms with Crippen molar-refractivity contribution in [2.75, 3.05) is 17.7 Å². The molecule has 0 aliphatic rings. The minimum atomic E-state index is -0.491. The van der Waals surface area contributed by atoms with Gasteiger partial charge in [0.2, 0.25) is 11.7 Å². The smallest absolute Gasteiger partial charge is 0.269 e. The second kappa shape index (κ2) is 7.59.